The number of hydrogen-bond donors (Lipinski definition) is 0. The molecule has 0 N–H and O–H groups in total. The van der Waals surface area contributed by atoms with Crippen molar-refractivity contribution in [1.82, 2.24) is 9.47 Å². The first-order valence-corrected chi connectivity index (χ1v) is 11.8. The summed E-state index contributed by atoms with van der Waals surface area (Å²) in [5.41, 5.74) is 5.95. The van der Waals surface area contributed by atoms with Gasteiger partial charge in [-0.15, -0.1) is 0 Å². The summed E-state index contributed by atoms with van der Waals surface area (Å²) in [7, 11) is 0. The Labute approximate surface area is 203 Å². The van der Waals surface area contributed by atoms with Gasteiger partial charge in [0.2, 0.25) is 0 Å². The van der Waals surface area contributed by atoms with Gasteiger partial charge in [0.15, 0.2) is 0 Å². The maximum atomic E-state index is 12.9. The van der Waals surface area contributed by atoms with Crippen LogP contribution >= 0.6 is 23.4 Å². The van der Waals surface area contributed by atoms with E-state index in [0.29, 0.717) is 9.93 Å². The van der Waals surface area contributed by atoms with E-state index in [1.807, 2.05) is 76.2 Å². The van der Waals surface area contributed by atoms with E-state index in [-0.39, 0.29) is 24.3 Å². The Kier molecular flexibility index (Phi) is 6.68. The Morgan fingerprint density at radius 1 is 1.03 bits per heavy atom. The smallest absolute Gasteiger partial charge is 0.293 e. The number of ether oxygens (including phenoxy) is 1. The lowest BCUT2D eigenvalue weighted by atomic mass is 10.2. The molecule has 170 valence electrons. The molecule has 2 amide bonds. The highest BCUT2D eigenvalue weighted by Crippen LogP contribution is 2.34. The van der Waals surface area contributed by atoms with Crippen LogP contribution in [-0.2, 0) is 4.79 Å². The molecule has 1 fully saturated rings. The molecular formula is C26H25ClN2O3S. The number of nitrogens with zero attached hydrogens (tertiary/aromatic N) is 2. The predicted molar refractivity (Wildman–Crippen MR) is 134 cm³/mol. The first-order chi connectivity index (χ1) is 15.7. The summed E-state index contributed by atoms with van der Waals surface area (Å²) in [6.45, 7) is 8.40. The molecular weight excluding hydrogens is 456 g/mol. The molecule has 1 aromatic heterocycles. The minimum atomic E-state index is -0.291. The lowest BCUT2D eigenvalue weighted by molar-refractivity contribution is -0.123. The monoisotopic (exact) mass is 480 g/mol. The summed E-state index contributed by atoms with van der Waals surface area (Å²) in [5.74, 6) is 0.433. The van der Waals surface area contributed by atoms with Crippen LogP contribution in [-0.4, -0.2) is 33.8 Å². The fourth-order valence-electron chi connectivity index (χ4n) is 3.85. The van der Waals surface area contributed by atoms with Gasteiger partial charge in [-0.05, 0) is 92.6 Å². The lowest BCUT2D eigenvalue weighted by Crippen LogP contribution is -2.32. The fourth-order valence-corrected chi connectivity index (χ4v) is 4.88. The SMILES string of the molecule is Cc1cccc(OCCN2C(=O)S/C(=C\c3cc(C)n(-c4ccc(C)c(Cl)c4)c3C)C2=O)c1. The fraction of sp³-hybridized carbons (Fsp3) is 0.231. The second-order valence-corrected chi connectivity index (χ2v) is 9.49. The number of carbonyl (C=O) groups excluding carboxylic acids is 2. The molecule has 0 spiro atoms. The summed E-state index contributed by atoms with van der Waals surface area (Å²) in [6, 6.07) is 15.6. The third-order valence-corrected chi connectivity index (χ3v) is 6.93. The van der Waals surface area contributed by atoms with Crippen LogP contribution in [0.3, 0.4) is 0 Å². The number of thioether (sulfide) groups is 1. The topological polar surface area (TPSA) is 51.5 Å². The number of benzene rings is 2. The number of rotatable bonds is 6. The van der Waals surface area contributed by atoms with Crippen molar-refractivity contribution in [3.8, 4) is 11.4 Å². The normalized spacial score (nSPS) is 15.1. The Morgan fingerprint density at radius 3 is 2.55 bits per heavy atom. The Hall–Kier alpha value is -2.96. The zero-order chi connectivity index (χ0) is 23.7. The first kappa shape index (κ1) is 23.2. The van der Waals surface area contributed by atoms with Gasteiger partial charge in [0.1, 0.15) is 12.4 Å². The van der Waals surface area contributed by atoms with Crippen molar-refractivity contribution in [3.63, 3.8) is 0 Å². The van der Waals surface area contributed by atoms with Gasteiger partial charge in [0.05, 0.1) is 11.4 Å². The number of aryl methyl sites for hydroxylation is 3. The highest BCUT2D eigenvalue weighted by atomic mass is 35.5. The van der Waals surface area contributed by atoms with Gasteiger partial charge < -0.3 is 9.30 Å². The quantitative estimate of drug-likeness (QED) is 0.379. The van der Waals surface area contributed by atoms with E-state index >= 15 is 0 Å². The minimum absolute atomic E-state index is 0.205. The third kappa shape index (κ3) is 4.87. The number of hydrogen-bond acceptors (Lipinski definition) is 4. The molecule has 0 bridgehead atoms. The van der Waals surface area contributed by atoms with Crippen molar-refractivity contribution in [2.45, 2.75) is 27.7 Å². The van der Waals surface area contributed by atoms with Crippen molar-refractivity contribution < 1.29 is 14.3 Å². The highest BCUT2D eigenvalue weighted by Gasteiger charge is 2.35. The molecule has 7 heteroatoms. The predicted octanol–water partition coefficient (Wildman–Crippen LogP) is 6.48. The highest BCUT2D eigenvalue weighted by molar-refractivity contribution is 8.18. The molecule has 0 aliphatic carbocycles. The van der Waals surface area contributed by atoms with Crippen LogP contribution < -0.4 is 4.74 Å². The number of carbonyl (C=O) groups is 2. The molecule has 0 atom stereocenters. The summed E-state index contributed by atoms with van der Waals surface area (Å²) < 4.78 is 7.81. The van der Waals surface area contributed by atoms with Crippen LogP contribution in [0.5, 0.6) is 5.75 Å². The molecule has 5 nitrogen and oxygen atoms in total. The number of amides is 2. The van der Waals surface area contributed by atoms with E-state index in [9.17, 15) is 9.59 Å². The minimum Gasteiger partial charge on any atom is -0.492 e. The van der Waals surface area contributed by atoms with Crippen LogP contribution in [0.25, 0.3) is 11.8 Å². The van der Waals surface area contributed by atoms with Crippen molar-refractivity contribution in [2.75, 3.05) is 13.2 Å². The number of aromatic nitrogens is 1. The molecule has 33 heavy (non-hydrogen) atoms. The van der Waals surface area contributed by atoms with Crippen molar-refractivity contribution in [2.24, 2.45) is 0 Å². The molecule has 1 saturated heterocycles. The van der Waals surface area contributed by atoms with Gasteiger partial charge >= 0.3 is 0 Å². The molecule has 1 aliphatic heterocycles. The third-order valence-electron chi connectivity index (χ3n) is 5.62. The average Bonchev–Trinajstić information content (AvgIpc) is 3.19. The second kappa shape index (κ2) is 9.49. The van der Waals surface area contributed by atoms with Gasteiger partial charge in [-0.1, -0.05) is 29.8 Å². The largest absolute Gasteiger partial charge is 0.492 e. The standard InChI is InChI=1S/C26H25ClN2O3S/c1-16-6-5-7-22(12-16)32-11-10-28-25(30)24(33-26(28)31)14-20-13-18(3)29(19(20)4)21-9-8-17(2)23(27)15-21/h5-9,12-15H,10-11H2,1-4H3/b24-14-. The van der Waals surface area contributed by atoms with Crippen LogP contribution in [0, 0.1) is 27.7 Å². The molecule has 2 aromatic carbocycles. The Morgan fingerprint density at radius 2 is 1.82 bits per heavy atom. The van der Waals surface area contributed by atoms with Gasteiger partial charge in [-0.3, -0.25) is 14.5 Å². The zero-order valence-electron chi connectivity index (χ0n) is 19.0. The van der Waals surface area contributed by atoms with Gasteiger partial charge in [0.25, 0.3) is 11.1 Å². The van der Waals surface area contributed by atoms with Crippen LogP contribution in [0.15, 0.2) is 53.4 Å². The van der Waals surface area contributed by atoms with Gasteiger partial charge in [-0.25, -0.2) is 0 Å². The number of halogens is 1. The maximum absolute atomic E-state index is 12.9. The summed E-state index contributed by atoms with van der Waals surface area (Å²) in [6.07, 6.45) is 1.79. The van der Waals surface area contributed by atoms with Crippen LogP contribution in [0.1, 0.15) is 28.1 Å². The zero-order valence-corrected chi connectivity index (χ0v) is 20.6. The maximum Gasteiger partial charge on any atom is 0.293 e. The number of imide groups is 1. The van der Waals surface area contributed by atoms with Crippen molar-refractivity contribution >= 4 is 40.6 Å². The lowest BCUT2D eigenvalue weighted by Gasteiger charge is -2.13. The average molecular weight is 481 g/mol. The molecule has 2 heterocycles. The Balaban J connectivity index is 1.51. The summed E-state index contributed by atoms with van der Waals surface area (Å²) >= 11 is 7.29. The van der Waals surface area contributed by atoms with Crippen molar-refractivity contribution in [1.29, 1.82) is 0 Å². The molecule has 1 aliphatic rings. The van der Waals surface area contributed by atoms with Crippen LogP contribution in [0.2, 0.25) is 5.02 Å². The molecule has 0 unspecified atom stereocenters. The van der Waals surface area contributed by atoms with E-state index in [1.165, 1.54) is 4.90 Å². The summed E-state index contributed by atoms with van der Waals surface area (Å²) in [5, 5.41) is 0.425. The van der Waals surface area contributed by atoms with Gasteiger partial charge in [0, 0.05) is 22.1 Å². The molecule has 0 radical (unpaired) electrons. The van der Waals surface area contributed by atoms with E-state index in [4.69, 9.17) is 16.3 Å². The van der Waals surface area contributed by atoms with Crippen molar-refractivity contribution in [3.05, 3.63) is 86.5 Å². The molecule has 0 saturated carbocycles. The Bertz CT molecular complexity index is 1280. The van der Waals surface area contributed by atoms with E-state index in [2.05, 4.69) is 4.57 Å². The first-order valence-electron chi connectivity index (χ1n) is 10.6. The van der Waals surface area contributed by atoms with Gasteiger partial charge in [-0.2, -0.15) is 0 Å². The molecule has 3 aromatic rings. The van der Waals surface area contributed by atoms with E-state index < -0.39 is 0 Å². The van der Waals surface area contributed by atoms with E-state index in [0.717, 1.165) is 51.3 Å². The second-order valence-electron chi connectivity index (χ2n) is 8.09. The molecule has 4 rings (SSSR count). The van der Waals surface area contributed by atoms with Crippen LogP contribution in [0.4, 0.5) is 4.79 Å². The van der Waals surface area contributed by atoms with E-state index in [1.54, 1.807) is 6.08 Å². The summed E-state index contributed by atoms with van der Waals surface area (Å²) in [4.78, 5) is 27.0.